The topological polar surface area (TPSA) is 177 Å². The summed E-state index contributed by atoms with van der Waals surface area (Å²) in [6, 6.07) is 0. The van der Waals surface area contributed by atoms with Crippen LogP contribution in [-0.4, -0.2) is 331 Å². The maximum Gasteiger partial charge on any atom is 0.225 e. The highest BCUT2D eigenvalue weighted by molar-refractivity contribution is 5.81. The van der Waals surface area contributed by atoms with Gasteiger partial charge in [-0.3, -0.25) is 28.8 Å². The number of nitrogens with zero attached hydrogens (tertiary/aromatic N) is 12. The van der Waals surface area contributed by atoms with Crippen molar-refractivity contribution >= 4 is 35.4 Å². The number of hydrogen-bond acceptors (Lipinski definition) is 15. The van der Waals surface area contributed by atoms with E-state index in [1.807, 2.05) is 63.2 Å². The quantitative estimate of drug-likeness (QED) is 0.0741. The van der Waals surface area contributed by atoms with E-state index in [1.54, 1.807) is 18.9 Å². The minimum absolute atomic E-state index is 0.0149. The normalized spacial score (nSPS) is 18.0. The number of carbonyl (C=O) groups is 6. The molecular formula is C78H163N15O6. The maximum absolute atomic E-state index is 11.7. The maximum atomic E-state index is 11.7. The number of amides is 6. The first kappa shape index (κ1) is 97.5. The molecule has 0 aliphatic carbocycles. The lowest BCUT2D eigenvalue weighted by molar-refractivity contribution is -0.141. The molecule has 0 aromatic heterocycles. The van der Waals surface area contributed by atoms with Gasteiger partial charge in [0.05, 0.1) is 0 Å². The average Bonchev–Trinajstić information content (AvgIpc) is 0.899. The van der Waals surface area contributed by atoms with Gasteiger partial charge in [0.1, 0.15) is 0 Å². The molecule has 21 nitrogen and oxygen atoms in total. The van der Waals surface area contributed by atoms with E-state index in [0.29, 0.717) is 71.7 Å². The Hall–Kier alpha value is -3.54. The van der Waals surface area contributed by atoms with Crippen LogP contribution in [-0.2, 0) is 28.8 Å². The Labute approximate surface area is 611 Å². The summed E-state index contributed by atoms with van der Waals surface area (Å²) in [5.74, 6) is 4.87. The molecule has 586 valence electrons. The highest BCUT2D eigenvalue weighted by Gasteiger charge is 2.26. The van der Waals surface area contributed by atoms with Crippen molar-refractivity contribution in [2.45, 2.75) is 190 Å². The second-order valence-corrected chi connectivity index (χ2v) is 31.3. The third-order valence-electron chi connectivity index (χ3n) is 18.6. The van der Waals surface area contributed by atoms with E-state index < -0.39 is 0 Å². The average molecular weight is 1410 g/mol. The van der Waals surface area contributed by atoms with Crippen molar-refractivity contribution in [2.24, 2.45) is 47.3 Å². The minimum Gasteiger partial charge on any atom is -0.359 e. The molecule has 21 heteroatoms. The fourth-order valence-corrected chi connectivity index (χ4v) is 11.5. The van der Waals surface area contributed by atoms with E-state index in [4.69, 9.17) is 0 Å². The number of likely N-dealkylation sites (N-methyl/N-ethyl adjacent to an activating group) is 4. The molecule has 0 radical (unpaired) electrons. The van der Waals surface area contributed by atoms with Gasteiger partial charge in [-0.15, -0.1) is 0 Å². The summed E-state index contributed by atoms with van der Waals surface area (Å²) in [7, 11) is 5.99. The lowest BCUT2D eigenvalue weighted by Crippen LogP contribution is -2.51. The lowest BCUT2D eigenvalue weighted by atomic mass is 10.1. The van der Waals surface area contributed by atoms with E-state index in [9.17, 15) is 28.8 Å². The largest absolute Gasteiger partial charge is 0.359 e. The van der Waals surface area contributed by atoms with Crippen LogP contribution in [0, 0.1) is 47.3 Å². The molecule has 6 fully saturated rings. The summed E-state index contributed by atoms with van der Waals surface area (Å²) in [4.78, 5) is 94.9. The Morgan fingerprint density at radius 2 is 0.717 bits per heavy atom. The smallest absolute Gasteiger partial charge is 0.225 e. The molecular weight excluding hydrogens is 1240 g/mol. The van der Waals surface area contributed by atoms with Gasteiger partial charge in [-0.2, -0.15) is 0 Å². The van der Waals surface area contributed by atoms with Gasteiger partial charge < -0.3 is 74.7 Å². The molecule has 0 atom stereocenters. The molecule has 0 saturated carbocycles. The van der Waals surface area contributed by atoms with E-state index >= 15 is 0 Å². The van der Waals surface area contributed by atoms with Gasteiger partial charge in [-0.1, -0.05) is 145 Å². The summed E-state index contributed by atoms with van der Waals surface area (Å²) >= 11 is 0. The van der Waals surface area contributed by atoms with Gasteiger partial charge in [0.2, 0.25) is 35.4 Å². The Morgan fingerprint density at radius 1 is 0.374 bits per heavy atom. The van der Waals surface area contributed by atoms with Crippen molar-refractivity contribution < 1.29 is 28.8 Å². The summed E-state index contributed by atoms with van der Waals surface area (Å²) in [6.45, 7) is 80.4. The van der Waals surface area contributed by atoms with Crippen molar-refractivity contribution in [3.05, 3.63) is 0 Å². The summed E-state index contributed by atoms with van der Waals surface area (Å²) in [6.07, 6.45) is 7.53. The molecule has 6 aliphatic heterocycles. The van der Waals surface area contributed by atoms with Crippen LogP contribution in [0.5, 0.6) is 0 Å². The van der Waals surface area contributed by atoms with Crippen molar-refractivity contribution in [2.75, 3.05) is 237 Å². The zero-order valence-corrected chi connectivity index (χ0v) is 69.2. The number of nitrogens with one attached hydrogen (secondary N) is 3. The van der Waals surface area contributed by atoms with Gasteiger partial charge in [-0.25, -0.2) is 0 Å². The van der Waals surface area contributed by atoms with Crippen LogP contribution < -0.4 is 16.0 Å². The number of rotatable bonds is 25. The molecule has 6 rings (SSSR count). The minimum atomic E-state index is -0.0564. The standard InChI is InChI=1S/C11H20N2O2.C11H24N2.C10H18N2O2.2C10H22N2.C9H20N2.C9H21N.C8H16N2O2/c1-4-10(14)12-5-7-13(8-6-12)11(15)9(2)3;1-4-12-7-9-13(10-8-12)6-5-11(2)3;1-8(2)10(14)12-6-4-11(5-7-12)9(3)13;1-10(2)4-5-12-8-6-11(3)7-9-12;1-4-11-5-7-12(8-6-11)9-10(2)3;1-9(2)8-11-6-4-10(3)5-7-11;1-4-5-7-10-8-6-9(2)3;1-6(2)8(12)10-5-4-7(11)9-3/h9H,4-8H2,1-3H3;11H,4-10H2,1-3H3;8H,4-7H2,1-3H3;2*10H,4-9H2,1-3H3;9H,4-8H2,1-3H3;9-10H,4-8H2,1-3H3;6H,4-5H2,1-3H3,(H,9,11)(H,10,12). The van der Waals surface area contributed by atoms with Gasteiger partial charge >= 0.3 is 0 Å². The van der Waals surface area contributed by atoms with Gasteiger partial charge in [0.15, 0.2) is 0 Å². The highest BCUT2D eigenvalue weighted by atomic mass is 16.2. The van der Waals surface area contributed by atoms with Crippen molar-refractivity contribution in [3.8, 4) is 0 Å². The monoisotopic (exact) mass is 1410 g/mol. The zero-order valence-electron chi connectivity index (χ0n) is 69.2. The van der Waals surface area contributed by atoms with Crippen LogP contribution >= 0.6 is 0 Å². The highest BCUT2D eigenvalue weighted by Crippen LogP contribution is 2.12. The number of piperazine rings is 6. The molecule has 6 heterocycles. The first-order valence-corrected chi connectivity index (χ1v) is 39.7. The summed E-state index contributed by atoms with van der Waals surface area (Å²) in [5, 5.41) is 8.54. The van der Waals surface area contributed by atoms with E-state index in [2.05, 4.69) is 159 Å². The molecule has 99 heavy (non-hydrogen) atoms. The van der Waals surface area contributed by atoms with E-state index in [0.717, 1.165) is 29.6 Å². The predicted octanol–water partition coefficient (Wildman–Crippen LogP) is 8.49. The first-order valence-electron chi connectivity index (χ1n) is 39.7. The van der Waals surface area contributed by atoms with Crippen LogP contribution in [0.3, 0.4) is 0 Å². The van der Waals surface area contributed by atoms with Crippen molar-refractivity contribution in [3.63, 3.8) is 0 Å². The fraction of sp³-hybridized carbons (Fsp3) is 0.923. The molecule has 0 bridgehead atoms. The predicted molar refractivity (Wildman–Crippen MR) is 419 cm³/mol. The number of hydrogen-bond donors (Lipinski definition) is 3. The Balaban J connectivity index is 0. The van der Waals surface area contributed by atoms with Crippen LogP contribution in [0.15, 0.2) is 0 Å². The summed E-state index contributed by atoms with van der Waals surface area (Å²) in [5.41, 5.74) is 0. The molecule has 3 N–H and O–H groups in total. The van der Waals surface area contributed by atoms with Crippen LogP contribution in [0.25, 0.3) is 0 Å². The van der Waals surface area contributed by atoms with Crippen LogP contribution in [0.1, 0.15) is 190 Å². The molecule has 6 aliphatic rings. The van der Waals surface area contributed by atoms with E-state index in [1.165, 1.54) is 189 Å². The third-order valence-corrected chi connectivity index (χ3v) is 18.6. The zero-order chi connectivity index (χ0) is 75.4. The van der Waals surface area contributed by atoms with Gasteiger partial charge in [-0.05, 0) is 109 Å². The molecule has 0 spiro atoms. The lowest BCUT2D eigenvalue weighted by Gasteiger charge is -2.35. The van der Waals surface area contributed by atoms with Gasteiger partial charge in [0, 0.05) is 221 Å². The number of carbonyl (C=O) groups excluding carboxylic acids is 6. The molecule has 0 unspecified atom stereocenters. The van der Waals surface area contributed by atoms with Crippen molar-refractivity contribution in [1.29, 1.82) is 0 Å². The SMILES string of the molecule is CC(=O)N1CCN(C(=O)C(C)C)CC1.CC(C)CCN1CCN(C)CC1.CC(C)CN1CCN(C)CC1.CCC(=O)N1CCN(C(=O)C(C)C)CC1.CCCCNCCC(C)C.CCN1CCN(CC(C)C)CC1.CCN1CCN(CCC(C)C)CC1.CNC(=O)CCNC(=O)C(C)C. The van der Waals surface area contributed by atoms with E-state index in [-0.39, 0.29) is 53.2 Å². The Kier molecular flexibility index (Phi) is 58.9. The van der Waals surface area contributed by atoms with Gasteiger partial charge in [0.25, 0.3) is 0 Å². The molecule has 6 amide bonds. The fourth-order valence-electron chi connectivity index (χ4n) is 11.5. The Bertz CT molecular complexity index is 1980. The molecule has 0 aromatic carbocycles. The molecule has 0 aromatic rings. The Morgan fingerprint density at radius 3 is 1.03 bits per heavy atom. The van der Waals surface area contributed by atoms with Crippen LogP contribution in [0.2, 0.25) is 0 Å². The second kappa shape index (κ2) is 59.8. The second-order valence-electron chi connectivity index (χ2n) is 31.3. The first-order chi connectivity index (χ1) is 46.7. The van der Waals surface area contributed by atoms with Crippen molar-refractivity contribution in [1.82, 2.24) is 74.7 Å². The number of unbranched alkanes of at least 4 members (excludes halogenated alkanes) is 1. The third kappa shape index (κ3) is 53.0. The van der Waals surface area contributed by atoms with Crippen LogP contribution in [0.4, 0.5) is 0 Å². The molecule has 6 saturated heterocycles. The summed E-state index contributed by atoms with van der Waals surface area (Å²) < 4.78 is 0.